The molecule has 0 bridgehead atoms. The van der Waals surface area contributed by atoms with Crippen molar-refractivity contribution < 1.29 is 22.6 Å². The smallest absolute Gasteiger partial charge is 0.432 e. The molecule has 0 saturated carbocycles. The SMILES string of the molecule is CCCCN(CCCC)c1ccc(/C=C/C2=CC(=C/C=C/C3=C(C#N)C(=C(C#N)C#N)OC3(C)C(F)(F)F)/CC(C)(C)C2)c(OC)c1. The zero-order valence-electron chi connectivity index (χ0n) is 28.1. The third-order valence-electron chi connectivity index (χ3n) is 8.35. The molecule has 1 unspecified atom stereocenters. The normalized spacial score (nSPS) is 20.2. The monoisotopic (exact) mass is 644 g/mol. The largest absolute Gasteiger partial charge is 0.496 e. The number of nitrogens with zero attached hydrogens (tertiary/aromatic N) is 4. The zero-order valence-corrected chi connectivity index (χ0v) is 28.1. The van der Waals surface area contributed by atoms with Crippen molar-refractivity contribution >= 4 is 11.8 Å². The van der Waals surface area contributed by atoms with Gasteiger partial charge in [-0.2, -0.15) is 29.0 Å². The van der Waals surface area contributed by atoms with Crippen molar-refractivity contribution in [2.45, 2.75) is 84.9 Å². The molecule has 6 nitrogen and oxygen atoms in total. The molecule has 1 aliphatic heterocycles. The number of halogens is 3. The maximum Gasteiger partial charge on any atom is 0.432 e. The minimum atomic E-state index is -4.91. The summed E-state index contributed by atoms with van der Waals surface area (Å²) in [4.78, 5) is 2.41. The summed E-state index contributed by atoms with van der Waals surface area (Å²) in [6.45, 7) is 11.4. The average molecular weight is 645 g/mol. The van der Waals surface area contributed by atoms with Crippen molar-refractivity contribution in [2.24, 2.45) is 5.41 Å². The van der Waals surface area contributed by atoms with E-state index in [0.717, 1.165) is 80.3 Å². The Morgan fingerprint density at radius 3 is 2.21 bits per heavy atom. The maximum absolute atomic E-state index is 14.2. The lowest BCUT2D eigenvalue weighted by Gasteiger charge is -2.30. The van der Waals surface area contributed by atoms with E-state index in [1.807, 2.05) is 18.2 Å². The van der Waals surface area contributed by atoms with Crippen LogP contribution in [0.25, 0.3) is 6.08 Å². The van der Waals surface area contributed by atoms with Gasteiger partial charge in [-0.05, 0) is 61.3 Å². The maximum atomic E-state index is 14.2. The summed E-state index contributed by atoms with van der Waals surface area (Å²) >= 11 is 0. The van der Waals surface area contributed by atoms with E-state index in [1.54, 1.807) is 19.3 Å². The van der Waals surface area contributed by atoms with Crippen molar-refractivity contribution in [3.8, 4) is 24.0 Å². The average Bonchev–Trinajstić information content (AvgIpc) is 3.32. The zero-order chi connectivity index (χ0) is 34.8. The molecule has 0 radical (unpaired) electrons. The standard InChI is InChI=1S/C38H43F3N4O2/c1-7-9-18-45(19-10-8-2)31-17-16-29(34(21-31)46-6)15-14-28-20-27(22-36(3,4)23-28)12-11-13-33-32(26-44)35(30(24-42)25-43)47-37(33,5)38(39,40)41/h11-17,20-21H,7-10,18-19,22-23H2,1-6H3/b13-11+,15-14+,27-12-. The molecule has 2 aliphatic rings. The van der Waals surface area contributed by atoms with Gasteiger partial charge in [0.1, 0.15) is 29.5 Å². The predicted octanol–water partition coefficient (Wildman–Crippen LogP) is 9.82. The Bertz CT molecular complexity index is 1610. The van der Waals surface area contributed by atoms with Gasteiger partial charge in [0.05, 0.1) is 7.11 Å². The van der Waals surface area contributed by atoms with Crippen LogP contribution >= 0.6 is 0 Å². The number of nitriles is 3. The summed E-state index contributed by atoms with van der Waals surface area (Å²) < 4.78 is 53.5. The third kappa shape index (κ3) is 8.78. The number of anilines is 1. The fraction of sp³-hybridized carbons (Fsp3) is 0.447. The summed E-state index contributed by atoms with van der Waals surface area (Å²) in [5.74, 6) is 0.123. The second-order valence-corrected chi connectivity index (χ2v) is 12.8. The van der Waals surface area contributed by atoms with E-state index < -0.39 is 34.3 Å². The highest BCUT2D eigenvalue weighted by Crippen LogP contribution is 2.49. The Kier molecular flexibility index (Phi) is 12.3. The van der Waals surface area contributed by atoms with Gasteiger partial charge in [0.2, 0.25) is 5.60 Å². The number of ether oxygens (including phenoxy) is 2. The highest BCUT2D eigenvalue weighted by atomic mass is 19.4. The van der Waals surface area contributed by atoms with E-state index in [-0.39, 0.29) is 5.41 Å². The van der Waals surface area contributed by atoms with Crippen LogP contribution in [-0.4, -0.2) is 32.0 Å². The molecule has 1 aromatic rings. The Labute approximate surface area is 277 Å². The number of hydrogen-bond donors (Lipinski definition) is 0. The molecular weight excluding hydrogens is 601 g/mol. The molecule has 0 aromatic heterocycles. The second-order valence-electron chi connectivity index (χ2n) is 12.8. The molecule has 1 aromatic carbocycles. The molecule has 0 spiro atoms. The minimum absolute atomic E-state index is 0.112. The van der Waals surface area contributed by atoms with Gasteiger partial charge in [-0.1, -0.05) is 77.0 Å². The van der Waals surface area contributed by atoms with Gasteiger partial charge in [-0.15, -0.1) is 0 Å². The van der Waals surface area contributed by atoms with Crippen molar-refractivity contribution in [3.63, 3.8) is 0 Å². The summed E-state index contributed by atoms with van der Waals surface area (Å²) in [7, 11) is 1.67. The van der Waals surface area contributed by atoms with Crippen LogP contribution in [0.1, 0.15) is 78.7 Å². The topological polar surface area (TPSA) is 93.1 Å². The van der Waals surface area contributed by atoms with Gasteiger partial charge in [-0.3, -0.25) is 0 Å². The van der Waals surface area contributed by atoms with E-state index in [1.165, 1.54) is 24.3 Å². The number of hydrogen-bond acceptors (Lipinski definition) is 6. The highest BCUT2D eigenvalue weighted by Gasteiger charge is 2.60. The lowest BCUT2D eigenvalue weighted by atomic mass is 9.75. The quantitative estimate of drug-likeness (QED) is 0.210. The van der Waals surface area contributed by atoms with Crippen LogP contribution < -0.4 is 9.64 Å². The summed E-state index contributed by atoms with van der Waals surface area (Å²) in [5.41, 5.74) is -0.604. The first-order chi connectivity index (χ1) is 22.3. The van der Waals surface area contributed by atoms with Gasteiger partial charge in [0, 0.05) is 36.0 Å². The fourth-order valence-corrected chi connectivity index (χ4v) is 5.83. The van der Waals surface area contributed by atoms with Crippen LogP contribution in [0.3, 0.4) is 0 Å². The van der Waals surface area contributed by atoms with Crippen LogP contribution in [-0.2, 0) is 4.74 Å². The Morgan fingerprint density at radius 1 is 1.00 bits per heavy atom. The molecule has 1 heterocycles. The van der Waals surface area contributed by atoms with E-state index in [4.69, 9.17) is 9.47 Å². The lowest BCUT2D eigenvalue weighted by Crippen LogP contribution is -2.43. The summed E-state index contributed by atoms with van der Waals surface area (Å²) in [6.07, 6.45) is 11.5. The highest BCUT2D eigenvalue weighted by molar-refractivity contribution is 5.66. The van der Waals surface area contributed by atoms with Gasteiger partial charge in [0.15, 0.2) is 11.3 Å². The number of rotatable bonds is 12. The van der Waals surface area contributed by atoms with Gasteiger partial charge in [-0.25, -0.2) is 0 Å². The number of alkyl halides is 3. The van der Waals surface area contributed by atoms with Crippen molar-refractivity contribution in [1.82, 2.24) is 0 Å². The van der Waals surface area contributed by atoms with Crippen LogP contribution in [0, 0.1) is 39.4 Å². The molecule has 47 heavy (non-hydrogen) atoms. The molecule has 9 heteroatoms. The second kappa shape index (κ2) is 15.7. The molecule has 0 amide bonds. The van der Waals surface area contributed by atoms with E-state index >= 15 is 0 Å². The molecule has 0 fully saturated rings. The minimum Gasteiger partial charge on any atom is -0.496 e. The predicted molar refractivity (Wildman–Crippen MR) is 179 cm³/mol. The third-order valence-corrected chi connectivity index (χ3v) is 8.35. The lowest BCUT2D eigenvalue weighted by molar-refractivity contribution is -0.236. The first-order valence-electron chi connectivity index (χ1n) is 15.9. The van der Waals surface area contributed by atoms with Crippen LogP contribution in [0.2, 0.25) is 0 Å². The van der Waals surface area contributed by atoms with E-state index in [9.17, 15) is 29.0 Å². The first-order valence-corrected chi connectivity index (χ1v) is 15.9. The number of allylic oxidation sites excluding steroid dienone is 8. The van der Waals surface area contributed by atoms with Gasteiger partial charge >= 0.3 is 6.18 Å². The van der Waals surface area contributed by atoms with Crippen molar-refractivity contribution in [2.75, 3.05) is 25.1 Å². The molecule has 0 saturated heterocycles. The number of methoxy groups -OCH3 is 1. The first kappa shape index (κ1) is 36.8. The molecule has 248 valence electrons. The summed E-state index contributed by atoms with van der Waals surface area (Å²) in [5, 5.41) is 28.2. The molecule has 1 aliphatic carbocycles. The molecule has 1 atom stereocenters. The van der Waals surface area contributed by atoms with Crippen molar-refractivity contribution in [1.29, 1.82) is 15.8 Å². The van der Waals surface area contributed by atoms with Crippen LogP contribution in [0.4, 0.5) is 18.9 Å². The molecule has 0 N–H and O–H groups in total. The Hall–Kier alpha value is -4.68. The Balaban J connectivity index is 1.96. The summed E-state index contributed by atoms with van der Waals surface area (Å²) in [6, 6.07) is 11.0. The van der Waals surface area contributed by atoms with E-state index in [0.29, 0.717) is 6.42 Å². The van der Waals surface area contributed by atoms with E-state index in [2.05, 4.69) is 50.8 Å². The van der Waals surface area contributed by atoms with Gasteiger partial charge < -0.3 is 14.4 Å². The number of benzene rings is 1. The fourth-order valence-electron chi connectivity index (χ4n) is 5.83. The van der Waals surface area contributed by atoms with Crippen molar-refractivity contribution in [3.05, 3.63) is 87.8 Å². The van der Waals surface area contributed by atoms with Crippen LogP contribution in [0.5, 0.6) is 5.75 Å². The molecule has 3 rings (SSSR count). The number of unbranched alkanes of at least 4 members (excludes halogenated alkanes) is 2. The van der Waals surface area contributed by atoms with Crippen LogP contribution in [0.15, 0.2) is 82.2 Å². The Morgan fingerprint density at radius 2 is 1.66 bits per heavy atom. The molecular formula is C38H43F3N4O2. The van der Waals surface area contributed by atoms with Gasteiger partial charge in [0.25, 0.3) is 0 Å².